The van der Waals surface area contributed by atoms with Gasteiger partial charge in [-0.2, -0.15) is 0 Å². The predicted octanol–water partition coefficient (Wildman–Crippen LogP) is 3.87. The van der Waals surface area contributed by atoms with Crippen LogP contribution < -0.4 is 0 Å². The fourth-order valence-corrected chi connectivity index (χ4v) is 3.92. The van der Waals surface area contributed by atoms with Gasteiger partial charge in [-0.15, -0.1) is 0 Å². The quantitative estimate of drug-likeness (QED) is 0.825. The Balaban J connectivity index is 1.61. The fraction of sp³-hybridized carbons (Fsp3) is 0.650. The monoisotopic (exact) mass is 331 g/mol. The first-order valence-electron chi connectivity index (χ1n) is 9.38. The van der Waals surface area contributed by atoms with Crippen molar-refractivity contribution in [3.8, 4) is 5.75 Å². The van der Waals surface area contributed by atoms with Crippen LogP contribution >= 0.6 is 0 Å². The maximum absolute atomic E-state index is 12.8. The normalized spacial score (nSPS) is 21.2. The number of para-hydroxylation sites is 1. The summed E-state index contributed by atoms with van der Waals surface area (Å²) >= 11 is 0. The van der Waals surface area contributed by atoms with Gasteiger partial charge in [0.2, 0.25) is 5.91 Å². The fourth-order valence-electron chi connectivity index (χ4n) is 3.92. The highest BCUT2D eigenvalue weighted by Crippen LogP contribution is 2.29. The van der Waals surface area contributed by atoms with E-state index in [-0.39, 0.29) is 17.8 Å². The molecule has 0 radical (unpaired) electrons. The molecule has 0 spiro atoms. The maximum atomic E-state index is 12.8. The van der Waals surface area contributed by atoms with Crippen molar-refractivity contribution in [2.24, 2.45) is 5.92 Å². The zero-order chi connectivity index (χ0) is 16.8. The molecule has 1 saturated carbocycles. The Kier molecular flexibility index (Phi) is 6.13. The van der Waals surface area contributed by atoms with Crippen molar-refractivity contribution in [2.45, 2.75) is 64.0 Å². The van der Waals surface area contributed by atoms with Gasteiger partial charge < -0.3 is 14.7 Å². The van der Waals surface area contributed by atoms with Crippen molar-refractivity contribution in [2.75, 3.05) is 13.2 Å². The van der Waals surface area contributed by atoms with Crippen molar-refractivity contribution in [1.29, 1.82) is 0 Å². The Hall–Kier alpha value is -1.55. The SMILES string of the molecule is O=C(CCC1CCCC1)N(Cc1ccccc1O)CC1CCCO1. The summed E-state index contributed by atoms with van der Waals surface area (Å²) in [4.78, 5) is 14.7. The van der Waals surface area contributed by atoms with Crippen LogP contribution in [0.3, 0.4) is 0 Å². The highest BCUT2D eigenvalue weighted by Gasteiger charge is 2.24. The molecule has 1 N–H and O–H groups in total. The van der Waals surface area contributed by atoms with E-state index in [4.69, 9.17) is 4.74 Å². The summed E-state index contributed by atoms with van der Waals surface area (Å²) in [5.41, 5.74) is 0.810. The molecule has 1 aliphatic heterocycles. The summed E-state index contributed by atoms with van der Waals surface area (Å²) in [5, 5.41) is 10.0. The van der Waals surface area contributed by atoms with E-state index < -0.39 is 0 Å². The van der Waals surface area contributed by atoms with Gasteiger partial charge in [0, 0.05) is 31.7 Å². The van der Waals surface area contributed by atoms with Crippen molar-refractivity contribution >= 4 is 5.91 Å². The zero-order valence-corrected chi connectivity index (χ0v) is 14.5. The third-order valence-electron chi connectivity index (χ3n) is 5.39. The van der Waals surface area contributed by atoms with Crippen LogP contribution in [0.4, 0.5) is 0 Å². The Morgan fingerprint density at radius 2 is 1.96 bits per heavy atom. The highest BCUT2D eigenvalue weighted by molar-refractivity contribution is 5.76. The third-order valence-corrected chi connectivity index (χ3v) is 5.39. The molecule has 1 heterocycles. The summed E-state index contributed by atoms with van der Waals surface area (Å²) in [6.45, 7) is 1.90. The molecule has 2 fully saturated rings. The highest BCUT2D eigenvalue weighted by atomic mass is 16.5. The van der Waals surface area contributed by atoms with Crippen LogP contribution in [-0.2, 0) is 16.1 Å². The first kappa shape index (κ1) is 17.3. The van der Waals surface area contributed by atoms with E-state index in [1.165, 1.54) is 25.7 Å². The standard InChI is InChI=1S/C20H29NO3/c22-19-10-4-3-8-17(19)14-21(15-18-9-5-13-24-18)20(23)12-11-16-6-1-2-7-16/h3-4,8,10,16,18,22H,1-2,5-7,9,11-15H2. The molecule has 3 rings (SSSR count). The minimum atomic E-state index is 0.145. The summed E-state index contributed by atoms with van der Waals surface area (Å²) in [6, 6.07) is 7.29. The molecule has 1 atom stereocenters. The number of benzene rings is 1. The molecule has 0 bridgehead atoms. The topological polar surface area (TPSA) is 49.8 Å². The van der Waals surface area contributed by atoms with Crippen molar-refractivity contribution < 1.29 is 14.6 Å². The maximum Gasteiger partial charge on any atom is 0.222 e. The molecule has 1 aromatic carbocycles. The van der Waals surface area contributed by atoms with Crippen LogP contribution in [0.1, 0.15) is 56.9 Å². The van der Waals surface area contributed by atoms with Crippen LogP contribution in [0.15, 0.2) is 24.3 Å². The Morgan fingerprint density at radius 3 is 2.67 bits per heavy atom. The number of hydrogen-bond donors (Lipinski definition) is 1. The first-order chi connectivity index (χ1) is 11.7. The number of carbonyl (C=O) groups excluding carboxylic acids is 1. The molecule has 132 valence electrons. The van der Waals surface area contributed by atoms with Crippen LogP contribution in [0, 0.1) is 5.92 Å². The Morgan fingerprint density at radius 1 is 1.17 bits per heavy atom. The lowest BCUT2D eigenvalue weighted by molar-refractivity contribution is -0.133. The number of phenols is 1. The lowest BCUT2D eigenvalue weighted by atomic mass is 10.0. The van der Waals surface area contributed by atoms with E-state index in [2.05, 4.69) is 0 Å². The van der Waals surface area contributed by atoms with Crippen molar-refractivity contribution in [1.82, 2.24) is 4.90 Å². The summed E-state index contributed by atoms with van der Waals surface area (Å²) in [6.07, 6.45) is 9.04. The summed E-state index contributed by atoms with van der Waals surface area (Å²) < 4.78 is 5.72. The molecule has 24 heavy (non-hydrogen) atoms. The molecule has 1 aromatic rings. The van der Waals surface area contributed by atoms with Gasteiger partial charge in [0.05, 0.1) is 6.10 Å². The molecule has 1 amide bonds. The smallest absolute Gasteiger partial charge is 0.222 e. The molecular formula is C20H29NO3. The Bertz CT molecular complexity index is 533. The van der Waals surface area contributed by atoms with Crippen molar-refractivity contribution in [3.63, 3.8) is 0 Å². The lowest BCUT2D eigenvalue weighted by Crippen LogP contribution is -2.37. The molecule has 0 aromatic heterocycles. The predicted molar refractivity (Wildman–Crippen MR) is 93.7 cm³/mol. The second-order valence-corrected chi connectivity index (χ2v) is 7.23. The number of hydrogen-bond acceptors (Lipinski definition) is 3. The van der Waals surface area contributed by atoms with Gasteiger partial charge in [-0.05, 0) is 31.2 Å². The zero-order valence-electron chi connectivity index (χ0n) is 14.5. The summed E-state index contributed by atoms with van der Waals surface area (Å²) in [7, 11) is 0. The van der Waals surface area contributed by atoms with Gasteiger partial charge in [0.1, 0.15) is 5.75 Å². The minimum absolute atomic E-state index is 0.145. The number of phenolic OH excluding ortho intramolecular Hbond substituents is 1. The number of carbonyl (C=O) groups is 1. The lowest BCUT2D eigenvalue weighted by Gasteiger charge is -2.26. The molecule has 1 unspecified atom stereocenters. The van der Waals surface area contributed by atoms with E-state index in [0.717, 1.165) is 37.4 Å². The number of amides is 1. The van der Waals surface area contributed by atoms with Crippen molar-refractivity contribution in [3.05, 3.63) is 29.8 Å². The largest absolute Gasteiger partial charge is 0.508 e. The van der Waals surface area contributed by atoms with Crippen LogP contribution in [0.25, 0.3) is 0 Å². The van der Waals surface area contributed by atoms with E-state index in [1.807, 2.05) is 23.1 Å². The summed E-state index contributed by atoms with van der Waals surface area (Å²) in [5.74, 6) is 1.18. The minimum Gasteiger partial charge on any atom is -0.508 e. The number of nitrogens with zero attached hydrogens (tertiary/aromatic N) is 1. The molecule has 2 aliphatic rings. The second-order valence-electron chi connectivity index (χ2n) is 7.23. The van der Waals surface area contributed by atoms with Gasteiger partial charge in [-0.25, -0.2) is 0 Å². The Labute approximate surface area is 144 Å². The van der Waals surface area contributed by atoms with E-state index in [0.29, 0.717) is 19.5 Å². The average Bonchev–Trinajstić information content (AvgIpc) is 3.27. The molecule has 1 saturated heterocycles. The van der Waals surface area contributed by atoms with Crippen LogP contribution in [-0.4, -0.2) is 35.2 Å². The van der Waals surface area contributed by atoms with Gasteiger partial charge >= 0.3 is 0 Å². The molecule has 4 nitrogen and oxygen atoms in total. The number of aromatic hydroxyl groups is 1. The second kappa shape index (κ2) is 8.52. The average molecular weight is 331 g/mol. The molecule has 4 heteroatoms. The van der Waals surface area contributed by atoms with E-state index in [1.54, 1.807) is 6.07 Å². The van der Waals surface area contributed by atoms with Gasteiger partial charge in [0.15, 0.2) is 0 Å². The van der Waals surface area contributed by atoms with Gasteiger partial charge in [0.25, 0.3) is 0 Å². The van der Waals surface area contributed by atoms with Gasteiger partial charge in [-0.3, -0.25) is 4.79 Å². The van der Waals surface area contributed by atoms with E-state index in [9.17, 15) is 9.90 Å². The van der Waals surface area contributed by atoms with Gasteiger partial charge in [-0.1, -0.05) is 43.9 Å². The molecular weight excluding hydrogens is 302 g/mol. The number of ether oxygens (including phenoxy) is 1. The van der Waals surface area contributed by atoms with Crippen LogP contribution in [0.5, 0.6) is 5.75 Å². The number of rotatable bonds is 7. The van der Waals surface area contributed by atoms with E-state index >= 15 is 0 Å². The van der Waals surface area contributed by atoms with Crippen LogP contribution in [0.2, 0.25) is 0 Å². The third kappa shape index (κ3) is 4.73. The first-order valence-corrected chi connectivity index (χ1v) is 9.38. The molecule has 1 aliphatic carbocycles.